The minimum absolute atomic E-state index is 0.107. The maximum atomic E-state index is 11.4. The van der Waals surface area contributed by atoms with Crippen molar-refractivity contribution in [2.24, 2.45) is 0 Å². The van der Waals surface area contributed by atoms with E-state index in [0.717, 1.165) is 12.8 Å². The molecule has 0 aromatic heterocycles. The molecule has 0 rings (SSSR count). The van der Waals surface area contributed by atoms with Crippen molar-refractivity contribution >= 4 is 5.97 Å². The third-order valence-corrected chi connectivity index (χ3v) is 5.29. The first-order valence-corrected chi connectivity index (χ1v) is 12.3. The van der Waals surface area contributed by atoms with Gasteiger partial charge in [-0.1, -0.05) is 96.1 Å². The highest BCUT2D eigenvalue weighted by Crippen LogP contribution is 2.12. The molecule has 0 aliphatic rings. The molecule has 0 aliphatic carbocycles. The van der Waals surface area contributed by atoms with E-state index < -0.39 is 6.10 Å². The van der Waals surface area contributed by atoms with Gasteiger partial charge < -0.3 is 14.9 Å². The van der Waals surface area contributed by atoms with E-state index in [0.29, 0.717) is 6.42 Å². The predicted octanol–water partition coefficient (Wildman–Crippen LogP) is 6.48. The minimum Gasteiger partial charge on any atom is -0.463 e. The molecule has 1 atom stereocenters. The monoisotopic (exact) mass is 412 g/mol. The number of ether oxygens (including phenoxy) is 1. The Morgan fingerprint density at radius 1 is 0.759 bits per heavy atom. The maximum absolute atomic E-state index is 11.4. The number of hydrogen-bond acceptors (Lipinski definition) is 4. The predicted molar refractivity (Wildman–Crippen MR) is 122 cm³/mol. The van der Waals surface area contributed by atoms with Crippen LogP contribution in [0.2, 0.25) is 0 Å². The van der Waals surface area contributed by atoms with Gasteiger partial charge in [-0.05, 0) is 32.1 Å². The number of aliphatic hydroxyl groups excluding tert-OH is 2. The first-order valence-electron chi connectivity index (χ1n) is 12.3. The molecule has 0 unspecified atom stereocenters. The second kappa shape index (κ2) is 23.4. The molecule has 0 radical (unpaired) electrons. The molecule has 4 nitrogen and oxygen atoms in total. The molecule has 0 bridgehead atoms. The highest BCUT2D eigenvalue weighted by molar-refractivity contribution is 5.69. The zero-order chi connectivity index (χ0) is 21.4. The summed E-state index contributed by atoms with van der Waals surface area (Å²) < 4.78 is 4.88. The second-order valence-electron chi connectivity index (χ2n) is 8.27. The van der Waals surface area contributed by atoms with Gasteiger partial charge in [0.25, 0.3) is 0 Å². The van der Waals surface area contributed by atoms with E-state index in [4.69, 9.17) is 14.9 Å². The number of unbranched alkanes of at least 4 members (excludes halogenated alkanes) is 15. The third kappa shape index (κ3) is 23.3. The van der Waals surface area contributed by atoms with Gasteiger partial charge in [0.05, 0.1) is 6.61 Å². The van der Waals surface area contributed by atoms with Gasteiger partial charge in [-0.3, -0.25) is 4.79 Å². The van der Waals surface area contributed by atoms with Crippen LogP contribution in [-0.4, -0.2) is 35.5 Å². The Morgan fingerprint density at radius 3 is 1.69 bits per heavy atom. The summed E-state index contributed by atoms with van der Waals surface area (Å²) in [4.78, 5) is 11.4. The van der Waals surface area contributed by atoms with Gasteiger partial charge >= 0.3 is 5.97 Å². The zero-order valence-electron chi connectivity index (χ0n) is 19.1. The summed E-state index contributed by atoms with van der Waals surface area (Å²) in [6.45, 7) is 1.79. The normalized spacial score (nSPS) is 12.5. The summed E-state index contributed by atoms with van der Waals surface area (Å²) >= 11 is 0. The highest BCUT2D eigenvalue weighted by atomic mass is 16.5. The van der Waals surface area contributed by atoms with Crippen molar-refractivity contribution in [2.45, 2.75) is 129 Å². The zero-order valence-corrected chi connectivity index (χ0v) is 19.1. The van der Waals surface area contributed by atoms with Gasteiger partial charge in [-0.2, -0.15) is 0 Å². The Balaban J connectivity index is 3.18. The van der Waals surface area contributed by atoms with Crippen LogP contribution in [-0.2, 0) is 9.53 Å². The molecule has 29 heavy (non-hydrogen) atoms. The molecule has 0 spiro atoms. The number of esters is 1. The minimum atomic E-state index is -0.958. The quantitative estimate of drug-likeness (QED) is 0.121. The summed E-state index contributed by atoms with van der Waals surface area (Å²) in [6, 6.07) is 0. The molecule has 0 saturated heterocycles. The largest absolute Gasteiger partial charge is 0.463 e. The number of carbonyl (C=O) groups excluding carboxylic acids is 1. The van der Waals surface area contributed by atoms with Gasteiger partial charge in [-0.15, -0.1) is 0 Å². The summed E-state index contributed by atoms with van der Waals surface area (Å²) in [5.41, 5.74) is 0. The molecule has 4 heteroatoms. The van der Waals surface area contributed by atoms with E-state index in [2.05, 4.69) is 19.1 Å². The van der Waals surface area contributed by atoms with Crippen LogP contribution < -0.4 is 0 Å². The van der Waals surface area contributed by atoms with Gasteiger partial charge in [0.2, 0.25) is 0 Å². The first-order chi connectivity index (χ1) is 14.2. The molecule has 0 aliphatic heterocycles. The van der Waals surface area contributed by atoms with E-state index in [-0.39, 0.29) is 19.2 Å². The van der Waals surface area contributed by atoms with E-state index in [9.17, 15) is 4.79 Å². The van der Waals surface area contributed by atoms with E-state index in [1.54, 1.807) is 0 Å². The molecule has 0 fully saturated rings. The second-order valence-corrected chi connectivity index (χ2v) is 8.27. The molecule has 0 amide bonds. The number of carbonyl (C=O) groups is 1. The van der Waals surface area contributed by atoms with Crippen LogP contribution in [0.3, 0.4) is 0 Å². The summed E-state index contributed by atoms with van der Waals surface area (Å²) in [5.74, 6) is -0.279. The van der Waals surface area contributed by atoms with Gasteiger partial charge in [0.1, 0.15) is 12.7 Å². The lowest BCUT2D eigenvalue weighted by atomic mass is 10.1. The molecule has 0 saturated carbocycles. The van der Waals surface area contributed by atoms with Gasteiger partial charge in [-0.25, -0.2) is 0 Å². The lowest BCUT2D eigenvalue weighted by Crippen LogP contribution is -2.21. The van der Waals surface area contributed by atoms with Crippen molar-refractivity contribution in [2.75, 3.05) is 13.2 Å². The molecule has 0 heterocycles. The summed E-state index contributed by atoms with van der Waals surface area (Å²) in [5, 5.41) is 17.8. The first kappa shape index (κ1) is 28.1. The van der Waals surface area contributed by atoms with Crippen LogP contribution >= 0.6 is 0 Å². The Bertz CT molecular complexity index is 368. The van der Waals surface area contributed by atoms with Crippen molar-refractivity contribution in [3.63, 3.8) is 0 Å². The Morgan fingerprint density at radius 2 is 1.21 bits per heavy atom. The lowest BCUT2D eigenvalue weighted by Gasteiger charge is -2.08. The third-order valence-electron chi connectivity index (χ3n) is 5.29. The van der Waals surface area contributed by atoms with Crippen LogP contribution in [0.4, 0.5) is 0 Å². The maximum Gasteiger partial charge on any atom is 0.305 e. The van der Waals surface area contributed by atoms with E-state index in [1.165, 1.54) is 96.3 Å². The molecule has 0 aromatic rings. The molecular formula is C25H48O4. The fourth-order valence-electron chi connectivity index (χ4n) is 3.36. The number of aliphatic hydroxyl groups is 2. The number of rotatable bonds is 22. The lowest BCUT2D eigenvalue weighted by molar-refractivity contribution is -0.147. The standard InChI is InChI=1S/C25H48O4/c1-2-3-4-5-6-7-8-9-10-11-12-13-14-15-16-17-18-19-20-21-25(28)29-23-24(27)22-26/h9-10,24,26-27H,2-8,11-23H2,1H3/t24-/m0/s1. The van der Waals surface area contributed by atoms with E-state index in [1.807, 2.05) is 0 Å². The number of hydrogen-bond donors (Lipinski definition) is 2. The smallest absolute Gasteiger partial charge is 0.305 e. The summed E-state index contributed by atoms with van der Waals surface area (Å²) in [6.07, 6.45) is 25.9. The Kier molecular flexibility index (Phi) is 22.7. The molecule has 172 valence electrons. The van der Waals surface area contributed by atoms with Crippen LogP contribution in [0, 0.1) is 0 Å². The highest BCUT2D eigenvalue weighted by Gasteiger charge is 2.07. The topological polar surface area (TPSA) is 66.8 Å². The van der Waals surface area contributed by atoms with Crippen molar-refractivity contribution in [3.8, 4) is 0 Å². The van der Waals surface area contributed by atoms with Gasteiger partial charge in [0.15, 0.2) is 0 Å². The van der Waals surface area contributed by atoms with Crippen molar-refractivity contribution in [3.05, 3.63) is 12.2 Å². The van der Waals surface area contributed by atoms with Crippen molar-refractivity contribution in [1.29, 1.82) is 0 Å². The average Bonchev–Trinajstić information content (AvgIpc) is 2.73. The van der Waals surface area contributed by atoms with Crippen LogP contribution in [0.1, 0.15) is 122 Å². The molecule has 0 aromatic carbocycles. The van der Waals surface area contributed by atoms with E-state index >= 15 is 0 Å². The summed E-state index contributed by atoms with van der Waals surface area (Å²) in [7, 11) is 0. The Labute approximate surface area is 180 Å². The fourth-order valence-corrected chi connectivity index (χ4v) is 3.36. The van der Waals surface area contributed by atoms with Crippen molar-refractivity contribution < 1.29 is 19.7 Å². The van der Waals surface area contributed by atoms with Crippen molar-refractivity contribution in [1.82, 2.24) is 0 Å². The fraction of sp³-hybridized carbons (Fsp3) is 0.880. The van der Waals surface area contributed by atoms with Crippen LogP contribution in [0.15, 0.2) is 12.2 Å². The molecule has 2 N–H and O–H groups in total. The number of allylic oxidation sites excluding steroid dienone is 2. The SMILES string of the molecule is CCCCCCCCC=CCCCCCCCCCCCC(=O)OC[C@@H](O)CO. The van der Waals surface area contributed by atoms with Crippen LogP contribution in [0.25, 0.3) is 0 Å². The Hall–Kier alpha value is -0.870. The molecular weight excluding hydrogens is 364 g/mol. The van der Waals surface area contributed by atoms with Crippen LogP contribution in [0.5, 0.6) is 0 Å². The van der Waals surface area contributed by atoms with Gasteiger partial charge in [0, 0.05) is 6.42 Å². The average molecular weight is 413 g/mol.